The molecule has 44 heavy (non-hydrogen) atoms. The van der Waals surface area contributed by atoms with E-state index in [2.05, 4.69) is 15.5 Å². The van der Waals surface area contributed by atoms with Crippen LogP contribution in [0.15, 0.2) is 54.9 Å². The zero-order valence-corrected chi connectivity index (χ0v) is 25.6. The van der Waals surface area contributed by atoms with Gasteiger partial charge in [0.2, 0.25) is 11.8 Å². The number of aromatic nitrogens is 2. The van der Waals surface area contributed by atoms with Gasteiger partial charge in [0.05, 0.1) is 37.6 Å². The maximum absolute atomic E-state index is 13.7. The van der Waals surface area contributed by atoms with E-state index >= 15 is 0 Å². The van der Waals surface area contributed by atoms with Crippen molar-refractivity contribution < 1.29 is 28.6 Å². The second-order valence-corrected chi connectivity index (χ2v) is 11.5. The number of likely N-dealkylation sites (N-methyl/N-ethyl adjacent to an activating group) is 1. The van der Waals surface area contributed by atoms with E-state index in [0.717, 1.165) is 17.5 Å². The molecule has 1 aromatic heterocycles. The summed E-state index contributed by atoms with van der Waals surface area (Å²) in [6.45, 7) is 7.03. The Hall–Kier alpha value is -4.38. The van der Waals surface area contributed by atoms with Gasteiger partial charge in [-0.2, -0.15) is 5.10 Å². The minimum atomic E-state index is -0.426. The van der Waals surface area contributed by atoms with E-state index in [1.54, 1.807) is 29.3 Å². The van der Waals surface area contributed by atoms with Crippen molar-refractivity contribution in [1.29, 1.82) is 0 Å². The molecular weight excluding hydrogens is 562 g/mol. The molecule has 2 N–H and O–H groups in total. The van der Waals surface area contributed by atoms with Gasteiger partial charge < -0.3 is 29.3 Å². The van der Waals surface area contributed by atoms with Crippen molar-refractivity contribution in [2.24, 2.45) is 0 Å². The molecule has 2 aliphatic rings. The third-order valence-corrected chi connectivity index (χ3v) is 7.76. The molecule has 0 unspecified atom stereocenters. The summed E-state index contributed by atoms with van der Waals surface area (Å²) in [7, 11) is 0. The van der Waals surface area contributed by atoms with Gasteiger partial charge in [0, 0.05) is 43.9 Å². The largest absolute Gasteiger partial charge is 0.491 e. The molecule has 0 spiro atoms. The average Bonchev–Trinajstić information content (AvgIpc) is 3.52. The molecule has 11 nitrogen and oxygen atoms in total. The number of carbonyl (C=O) groups is 3. The fourth-order valence-electron chi connectivity index (χ4n) is 5.58. The highest BCUT2D eigenvalue weighted by molar-refractivity contribution is 5.97. The molecule has 2 aromatic carbocycles. The van der Waals surface area contributed by atoms with Crippen molar-refractivity contribution in [2.75, 3.05) is 26.2 Å². The number of aryl methyl sites for hydroxylation is 1. The Balaban J connectivity index is 1.36. The Kier molecular flexibility index (Phi) is 10.2. The summed E-state index contributed by atoms with van der Waals surface area (Å²) in [5.74, 6) is 0.983. The number of likely N-dealkylation sites (tertiary alicyclic amines) is 1. The summed E-state index contributed by atoms with van der Waals surface area (Å²) in [6, 6.07) is 12.3. The number of benzene rings is 2. The lowest BCUT2D eigenvalue weighted by Crippen LogP contribution is -2.58. The Bertz CT molecular complexity index is 1440. The molecule has 0 radical (unpaired) electrons. The van der Waals surface area contributed by atoms with Crippen LogP contribution in [0.1, 0.15) is 61.5 Å². The highest BCUT2D eigenvalue weighted by Crippen LogP contribution is 2.30. The van der Waals surface area contributed by atoms with E-state index in [1.807, 2.05) is 51.2 Å². The number of rotatable bonds is 7. The van der Waals surface area contributed by atoms with Crippen molar-refractivity contribution in [1.82, 2.24) is 25.3 Å². The molecule has 5 rings (SSSR count). The van der Waals surface area contributed by atoms with E-state index in [-0.39, 0.29) is 36.5 Å². The molecule has 0 aliphatic carbocycles. The van der Waals surface area contributed by atoms with Crippen LogP contribution < -0.4 is 14.8 Å². The SMILES string of the molecule is CCN1CC(=O)N[C@H]2CN(C(=O)CCCc3cn[nH]c3)CC[C@@H]2OCc2cccc(c2)Oc2cc(OC(C)C)cc(c2)C1=O. The van der Waals surface area contributed by atoms with Gasteiger partial charge in [0.25, 0.3) is 5.91 Å². The molecule has 234 valence electrons. The molecule has 3 heterocycles. The van der Waals surface area contributed by atoms with Crippen molar-refractivity contribution in [3.05, 3.63) is 71.5 Å². The van der Waals surface area contributed by atoms with Crippen LogP contribution in [0, 0.1) is 0 Å². The fourth-order valence-corrected chi connectivity index (χ4v) is 5.58. The van der Waals surface area contributed by atoms with Crippen molar-refractivity contribution in [2.45, 2.75) is 71.3 Å². The van der Waals surface area contributed by atoms with Crippen LogP contribution in [0.3, 0.4) is 0 Å². The summed E-state index contributed by atoms with van der Waals surface area (Å²) < 4.78 is 18.5. The average molecular weight is 604 g/mol. The number of nitrogens with zero attached hydrogens (tertiary/aromatic N) is 3. The van der Waals surface area contributed by atoms with Gasteiger partial charge in [-0.15, -0.1) is 0 Å². The number of nitrogens with one attached hydrogen (secondary N) is 2. The molecule has 2 aliphatic heterocycles. The Morgan fingerprint density at radius 2 is 2.02 bits per heavy atom. The van der Waals surface area contributed by atoms with Gasteiger partial charge in [-0.3, -0.25) is 19.5 Å². The summed E-state index contributed by atoms with van der Waals surface area (Å²) in [4.78, 5) is 43.4. The summed E-state index contributed by atoms with van der Waals surface area (Å²) in [6.07, 6.45) is 5.65. The first kappa shape index (κ1) is 31.1. The number of H-pyrrole nitrogens is 1. The van der Waals surface area contributed by atoms with Crippen LogP contribution in [0.25, 0.3) is 0 Å². The molecule has 4 bridgehead atoms. The Morgan fingerprint density at radius 1 is 1.16 bits per heavy atom. The van der Waals surface area contributed by atoms with Crippen LogP contribution in [0.2, 0.25) is 0 Å². The van der Waals surface area contributed by atoms with Crippen molar-refractivity contribution >= 4 is 17.7 Å². The second-order valence-electron chi connectivity index (χ2n) is 11.5. The number of hydrogen-bond acceptors (Lipinski definition) is 7. The number of amides is 3. The summed E-state index contributed by atoms with van der Waals surface area (Å²) in [5.41, 5.74) is 2.33. The molecule has 3 amide bonds. The first-order valence-corrected chi connectivity index (χ1v) is 15.3. The number of hydrogen-bond donors (Lipinski definition) is 2. The summed E-state index contributed by atoms with van der Waals surface area (Å²) in [5, 5.41) is 9.84. The van der Waals surface area contributed by atoms with Gasteiger partial charge in [0.15, 0.2) is 0 Å². The molecular formula is C33H41N5O6. The topological polar surface area (TPSA) is 126 Å². The Morgan fingerprint density at radius 3 is 2.80 bits per heavy atom. The number of ether oxygens (including phenoxy) is 3. The molecule has 11 heteroatoms. The van der Waals surface area contributed by atoms with E-state index in [1.165, 1.54) is 4.90 Å². The third kappa shape index (κ3) is 8.16. The van der Waals surface area contributed by atoms with Gasteiger partial charge >= 0.3 is 0 Å². The van der Waals surface area contributed by atoms with Crippen molar-refractivity contribution in [3.8, 4) is 17.2 Å². The molecule has 0 saturated carbocycles. The summed E-state index contributed by atoms with van der Waals surface area (Å²) >= 11 is 0. The molecule has 3 aromatic rings. The smallest absolute Gasteiger partial charge is 0.254 e. The standard InChI is InChI=1S/C33H41N5O6/c1-4-37-20-31(39)36-29-19-38(32(40)10-6-8-24-17-34-35-18-24)12-11-30(29)42-21-23-7-5-9-26(13-23)44-28-15-25(33(37)41)14-27(16-28)43-22(2)3/h5,7,9,13-18,22,29-30H,4,6,8,10-12,19-21H2,1-3H3,(H,34,35)(H,36,39)/t29-,30-/m0/s1. The van der Waals surface area contributed by atoms with Crippen LogP contribution >= 0.6 is 0 Å². The number of aromatic amines is 1. The minimum absolute atomic E-state index is 0.0443. The number of carbonyl (C=O) groups excluding carboxylic acids is 3. The van der Waals surface area contributed by atoms with Gasteiger partial charge in [-0.25, -0.2) is 0 Å². The van der Waals surface area contributed by atoms with Crippen LogP contribution in [-0.2, 0) is 27.4 Å². The zero-order valence-electron chi connectivity index (χ0n) is 25.6. The Labute approximate surface area is 257 Å². The van der Waals surface area contributed by atoms with Crippen LogP contribution in [0.5, 0.6) is 17.2 Å². The minimum Gasteiger partial charge on any atom is -0.491 e. The first-order valence-electron chi connectivity index (χ1n) is 15.3. The zero-order chi connectivity index (χ0) is 31.1. The number of fused-ring (bicyclic) bond motifs is 5. The van der Waals surface area contributed by atoms with Crippen molar-refractivity contribution in [3.63, 3.8) is 0 Å². The fraction of sp³-hybridized carbons (Fsp3) is 0.455. The lowest BCUT2D eigenvalue weighted by molar-refractivity contribution is -0.137. The van der Waals surface area contributed by atoms with Gasteiger partial charge in [-0.05, 0) is 75.4 Å². The normalized spacial score (nSPS) is 19.3. The second kappa shape index (κ2) is 14.4. The highest BCUT2D eigenvalue weighted by Gasteiger charge is 2.34. The molecule has 1 fully saturated rings. The van der Waals surface area contributed by atoms with E-state index in [0.29, 0.717) is 68.3 Å². The lowest BCUT2D eigenvalue weighted by atomic mass is 10.0. The highest BCUT2D eigenvalue weighted by atomic mass is 16.5. The third-order valence-electron chi connectivity index (χ3n) is 7.76. The van der Waals surface area contributed by atoms with Gasteiger partial charge in [0.1, 0.15) is 17.2 Å². The molecule has 1 saturated heterocycles. The quantitative estimate of drug-likeness (QED) is 0.417. The lowest BCUT2D eigenvalue weighted by Gasteiger charge is -2.39. The van der Waals surface area contributed by atoms with E-state index < -0.39 is 6.04 Å². The van der Waals surface area contributed by atoms with Gasteiger partial charge in [-0.1, -0.05) is 12.1 Å². The monoisotopic (exact) mass is 603 g/mol. The first-order chi connectivity index (χ1) is 21.3. The van der Waals surface area contributed by atoms with Crippen LogP contribution in [0.4, 0.5) is 0 Å². The number of piperidine rings is 1. The predicted molar refractivity (Wildman–Crippen MR) is 164 cm³/mol. The predicted octanol–water partition coefficient (Wildman–Crippen LogP) is 4.09. The maximum atomic E-state index is 13.7. The van der Waals surface area contributed by atoms with Crippen LogP contribution in [-0.4, -0.2) is 82.1 Å². The van der Waals surface area contributed by atoms with E-state index in [9.17, 15) is 14.4 Å². The maximum Gasteiger partial charge on any atom is 0.254 e. The molecule has 2 atom stereocenters. The van der Waals surface area contributed by atoms with E-state index in [4.69, 9.17) is 14.2 Å².